The number of carbonyl (C=O) groups excluding carboxylic acids is 2. The van der Waals surface area contributed by atoms with E-state index in [-0.39, 0.29) is 9.09 Å². The Morgan fingerprint density at radius 1 is 1.28 bits per heavy atom. The van der Waals surface area contributed by atoms with Gasteiger partial charge in [0.25, 0.3) is 10.0 Å². The van der Waals surface area contributed by atoms with Gasteiger partial charge >= 0.3 is 0 Å². The lowest BCUT2D eigenvalue weighted by atomic mass is 10.4. The molecule has 0 radical (unpaired) electrons. The van der Waals surface area contributed by atoms with Gasteiger partial charge in [0.05, 0.1) is 13.1 Å². The van der Waals surface area contributed by atoms with Crippen LogP contribution in [0, 0.1) is 11.3 Å². The van der Waals surface area contributed by atoms with E-state index in [9.17, 15) is 18.0 Å². The normalized spacial score (nSPS) is 17.3. The minimum atomic E-state index is -3.90. The predicted molar refractivity (Wildman–Crippen MR) is 60.9 cm³/mol. The van der Waals surface area contributed by atoms with Crippen molar-refractivity contribution < 1.29 is 18.0 Å². The first-order chi connectivity index (χ1) is 8.43. The van der Waals surface area contributed by atoms with Crippen molar-refractivity contribution in [2.75, 3.05) is 13.1 Å². The van der Waals surface area contributed by atoms with E-state index in [1.54, 1.807) is 0 Å². The number of rotatable bonds is 2. The Morgan fingerprint density at radius 2 is 1.89 bits per heavy atom. The SMILES string of the molecule is N#Cc1ccc(S(=O)(=O)N2CC(=O)NC(=O)C2)s1. The lowest BCUT2D eigenvalue weighted by molar-refractivity contribution is -0.134. The quantitative estimate of drug-likeness (QED) is 0.721. The summed E-state index contributed by atoms with van der Waals surface area (Å²) >= 11 is 0.802. The zero-order chi connectivity index (χ0) is 13.3. The Bertz CT molecular complexity index is 640. The van der Waals surface area contributed by atoms with E-state index in [0.717, 1.165) is 15.6 Å². The minimum Gasteiger partial charge on any atom is -0.294 e. The molecular formula is C9H7N3O4S2. The maximum Gasteiger partial charge on any atom is 0.253 e. The van der Waals surface area contributed by atoms with Gasteiger partial charge in [0, 0.05) is 0 Å². The number of carbonyl (C=O) groups is 2. The monoisotopic (exact) mass is 285 g/mol. The van der Waals surface area contributed by atoms with Crippen LogP contribution in [0.15, 0.2) is 16.3 Å². The molecule has 1 aromatic heterocycles. The van der Waals surface area contributed by atoms with Gasteiger partial charge in [0.15, 0.2) is 0 Å². The third-order valence-electron chi connectivity index (χ3n) is 2.20. The van der Waals surface area contributed by atoms with Crippen molar-refractivity contribution in [3.63, 3.8) is 0 Å². The highest BCUT2D eigenvalue weighted by atomic mass is 32.2. The molecule has 0 aliphatic carbocycles. The highest BCUT2D eigenvalue weighted by Gasteiger charge is 2.33. The van der Waals surface area contributed by atoms with Gasteiger partial charge in [-0.3, -0.25) is 14.9 Å². The largest absolute Gasteiger partial charge is 0.294 e. The molecule has 2 amide bonds. The highest BCUT2D eigenvalue weighted by molar-refractivity contribution is 7.91. The van der Waals surface area contributed by atoms with Crippen molar-refractivity contribution in [1.29, 1.82) is 5.26 Å². The highest BCUT2D eigenvalue weighted by Crippen LogP contribution is 2.24. The standard InChI is InChI=1S/C9H7N3O4S2/c10-3-6-1-2-9(17-6)18(15,16)12-4-7(13)11-8(14)5-12/h1-2H,4-5H2,(H,11,13,14). The Balaban J connectivity index is 2.34. The zero-order valence-corrected chi connectivity index (χ0v) is 10.5. The number of amides is 2. The summed E-state index contributed by atoms with van der Waals surface area (Å²) < 4.78 is 24.9. The number of thiophene rings is 1. The number of hydrogen-bond donors (Lipinski definition) is 1. The van der Waals surface area contributed by atoms with Crippen LogP contribution in [0.3, 0.4) is 0 Å². The molecule has 1 aliphatic rings. The third kappa shape index (κ3) is 2.26. The van der Waals surface area contributed by atoms with Gasteiger partial charge in [-0.15, -0.1) is 11.3 Å². The molecule has 1 aromatic rings. The third-order valence-corrected chi connectivity index (χ3v) is 5.45. The maximum absolute atomic E-state index is 12.1. The molecule has 2 heterocycles. The fourth-order valence-corrected chi connectivity index (χ4v) is 4.04. The molecule has 2 rings (SSSR count). The number of sulfonamides is 1. The van der Waals surface area contributed by atoms with Crippen molar-refractivity contribution in [1.82, 2.24) is 9.62 Å². The van der Waals surface area contributed by atoms with Gasteiger partial charge in [0.1, 0.15) is 15.2 Å². The number of nitriles is 1. The van der Waals surface area contributed by atoms with E-state index >= 15 is 0 Å². The average Bonchev–Trinajstić information content (AvgIpc) is 2.76. The van der Waals surface area contributed by atoms with Crippen LogP contribution in [0.4, 0.5) is 0 Å². The first-order valence-electron chi connectivity index (χ1n) is 4.76. The molecule has 0 aromatic carbocycles. The molecule has 9 heteroatoms. The number of piperazine rings is 1. The second kappa shape index (κ2) is 4.49. The molecule has 18 heavy (non-hydrogen) atoms. The van der Waals surface area contributed by atoms with Crippen molar-refractivity contribution in [3.8, 4) is 6.07 Å². The van der Waals surface area contributed by atoms with Crippen LogP contribution in [0.5, 0.6) is 0 Å². The summed E-state index contributed by atoms with van der Waals surface area (Å²) in [4.78, 5) is 22.5. The van der Waals surface area contributed by atoms with Crippen molar-refractivity contribution >= 4 is 33.2 Å². The van der Waals surface area contributed by atoms with E-state index in [4.69, 9.17) is 5.26 Å². The van der Waals surface area contributed by atoms with E-state index in [1.165, 1.54) is 12.1 Å². The molecule has 0 atom stereocenters. The minimum absolute atomic E-state index is 0.0541. The van der Waals surface area contributed by atoms with E-state index < -0.39 is 34.9 Å². The summed E-state index contributed by atoms with van der Waals surface area (Å²) in [6.45, 7) is -0.790. The van der Waals surface area contributed by atoms with E-state index in [1.807, 2.05) is 11.4 Å². The van der Waals surface area contributed by atoms with E-state index in [0.29, 0.717) is 0 Å². The number of imide groups is 1. The lowest BCUT2D eigenvalue weighted by Crippen LogP contribution is -2.53. The van der Waals surface area contributed by atoms with Crippen LogP contribution in [0.25, 0.3) is 0 Å². The Hall–Kier alpha value is -1.76. The zero-order valence-electron chi connectivity index (χ0n) is 8.91. The number of hydrogen-bond acceptors (Lipinski definition) is 6. The second-order valence-electron chi connectivity index (χ2n) is 3.47. The second-order valence-corrected chi connectivity index (χ2v) is 6.72. The fraction of sp³-hybridized carbons (Fsp3) is 0.222. The summed E-state index contributed by atoms with van der Waals surface area (Å²) in [6.07, 6.45) is 0. The molecule has 1 aliphatic heterocycles. The lowest BCUT2D eigenvalue weighted by Gasteiger charge is -2.23. The summed E-state index contributed by atoms with van der Waals surface area (Å²) in [5, 5.41) is 10.7. The van der Waals surface area contributed by atoms with Gasteiger partial charge in [-0.05, 0) is 12.1 Å². The average molecular weight is 285 g/mol. The molecular weight excluding hydrogens is 278 g/mol. The van der Waals surface area contributed by atoms with Gasteiger partial charge < -0.3 is 0 Å². The van der Waals surface area contributed by atoms with Gasteiger partial charge in [-0.1, -0.05) is 0 Å². The molecule has 94 valence electrons. The number of nitrogens with zero attached hydrogens (tertiary/aromatic N) is 2. The smallest absolute Gasteiger partial charge is 0.253 e. The fourth-order valence-electron chi connectivity index (χ4n) is 1.43. The Kier molecular flexibility index (Phi) is 3.16. The van der Waals surface area contributed by atoms with Crippen LogP contribution in [-0.4, -0.2) is 37.6 Å². The van der Waals surface area contributed by atoms with Crippen molar-refractivity contribution in [2.45, 2.75) is 4.21 Å². The molecule has 1 N–H and O–H groups in total. The van der Waals surface area contributed by atoms with Gasteiger partial charge in [-0.2, -0.15) is 9.57 Å². The van der Waals surface area contributed by atoms with Crippen LogP contribution in [0.2, 0.25) is 0 Å². The first kappa shape index (κ1) is 12.7. The van der Waals surface area contributed by atoms with Gasteiger partial charge in [-0.25, -0.2) is 8.42 Å². The maximum atomic E-state index is 12.1. The van der Waals surface area contributed by atoms with Crippen molar-refractivity contribution in [3.05, 3.63) is 17.0 Å². The summed E-state index contributed by atoms with van der Waals surface area (Å²) in [6, 6.07) is 4.49. The molecule has 0 unspecified atom stereocenters. The Labute approximate surface area is 107 Å². The van der Waals surface area contributed by atoms with Crippen molar-refractivity contribution in [2.24, 2.45) is 0 Å². The predicted octanol–water partition coefficient (Wildman–Crippen LogP) is -0.733. The molecule has 0 saturated carbocycles. The topological polar surface area (TPSA) is 107 Å². The summed E-state index contributed by atoms with van der Waals surface area (Å²) in [5.41, 5.74) is 0. The first-order valence-corrected chi connectivity index (χ1v) is 7.02. The van der Waals surface area contributed by atoms with Crippen LogP contribution in [0.1, 0.15) is 4.88 Å². The van der Waals surface area contributed by atoms with Crippen LogP contribution >= 0.6 is 11.3 Å². The van der Waals surface area contributed by atoms with Gasteiger partial charge in [0.2, 0.25) is 11.8 Å². The molecule has 1 saturated heterocycles. The van der Waals surface area contributed by atoms with E-state index in [2.05, 4.69) is 0 Å². The summed E-state index contributed by atoms with van der Waals surface area (Å²) in [7, 11) is -3.90. The van der Waals surface area contributed by atoms with Crippen LogP contribution in [-0.2, 0) is 19.6 Å². The summed E-state index contributed by atoms with van der Waals surface area (Å²) in [5.74, 6) is -1.32. The molecule has 0 bridgehead atoms. The number of nitrogens with one attached hydrogen (secondary N) is 1. The molecule has 1 fully saturated rings. The molecule has 7 nitrogen and oxygen atoms in total. The Morgan fingerprint density at radius 3 is 2.39 bits per heavy atom. The van der Waals surface area contributed by atoms with Crippen LogP contribution < -0.4 is 5.32 Å². The molecule has 0 spiro atoms.